The number of hydrogen-bond donors (Lipinski definition) is 3. The van der Waals surface area contributed by atoms with Gasteiger partial charge < -0.3 is 10.3 Å². The minimum atomic E-state index is -0.145. The van der Waals surface area contributed by atoms with Gasteiger partial charge in [0, 0.05) is 5.69 Å². The van der Waals surface area contributed by atoms with E-state index >= 15 is 0 Å². The highest BCUT2D eigenvalue weighted by molar-refractivity contribution is 5.83. The molecule has 2 atom stereocenters. The highest BCUT2D eigenvalue weighted by Gasteiger charge is 2.30. The van der Waals surface area contributed by atoms with Crippen LogP contribution in [0.2, 0.25) is 0 Å². The van der Waals surface area contributed by atoms with Gasteiger partial charge in [0.1, 0.15) is 6.17 Å². The molecule has 1 aliphatic heterocycles. The first-order valence-corrected chi connectivity index (χ1v) is 4.25. The normalized spacial score (nSPS) is 27.7. The third-order valence-corrected chi connectivity index (χ3v) is 2.24. The van der Waals surface area contributed by atoms with Gasteiger partial charge in [-0.3, -0.25) is 10.1 Å². The lowest BCUT2D eigenvalue weighted by molar-refractivity contribution is -0.120. The summed E-state index contributed by atoms with van der Waals surface area (Å²) >= 11 is 0. The van der Waals surface area contributed by atoms with Crippen molar-refractivity contribution in [1.29, 1.82) is 0 Å². The SMILES string of the molecule is Cc1[nH]cnc1C1NC(=O)C(C)N1. The predicted molar refractivity (Wildman–Crippen MR) is 46.8 cm³/mol. The fourth-order valence-corrected chi connectivity index (χ4v) is 1.44. The Balaban J connectivity index is 2.21. The van der Waals surface area contributed by atoms with E-state index in [9.17, 15) is 4.79 Å². The summed E-state index contributed by atoms with van der Waals surface area (Å²) in [5.41, 5.74) is 1.84. The second kappa shape index (κ2) is 2.85. The van der Waals surface area contributed by atoms with Crippen LogP contribution in [0, 0.1) is 6.92 Å². The highest BCUT2D eigenvalue weighted by Crippen LogP contribution is 2.15. The maximum atomic E-state index is 11.2. The molecule has 1 aromatic rings. The van der Waals surface area contributed by atoms with Crippen molar-refractivity contribution in [2.45, 2.75) is 26.1 Å². The molecule has 70 valence electrons. The van der Waals surface area contributed by atoms with E-state index in [4.69, 9.17) is 0 Å². The zero-order chi connectivity index (χ0) is 9.42. The molecule has 2 heterocycles. The van der Waals surface area contributed by atoms with Crippen LogP contribution >= 0.6 is 0 Å². The lowest BCUT2D eigenvalue weighted by Crippen LogP contribution is -2.25. The number of hydrogen-bond acceptors (Lipinski definition) is 3. The maximum Gasteiger partial charge on any atom is 0.238 e. The average molecular weight is 180 g/mol. The number of H-pyrrole nitrogens is 1. The summed E-state index contributed by atoms with van der Waals surface area (Å²) in [7, 11) is 0. The van der Waals surface area contributed by atoms with E-state index in [1.54, 1.807) is 6.33 Å². The van der Waals surface area contributed by atoms with Gasteiger partial charge in [0.25, 0.3) is 0 Å². The minimum Gasteiger partial charge on any atom is -0.348 e. The molecule has 0 radical (unpaired) electrons. The summed E-state index contributed by atoms with van der Waals surface area (Å²) in [4.78, 5) is 18.3. The van der Waals surface area contributed by atoms with E-state index in [2.05, 4.69) is 20.6 Å². The fraction of sp³-hybridized carbons (Fsp3) is 0.500. The van der Waals surface area contributed by atoms with Gasteiger partial charge in [0.05, 0.1) is 18.1 Å². The van der Waals surface area contributed by atoms with Gasteiger partial charge in [-0.15, -0.1) is 0 Å². The summed E-state index contributed by atoms with van der Waals surface area (Å²) < 4.78 is 0. The predicted octanol–water partition coefficient (Wildman–Crippen LogP) is -0.175. The lowest BCUT2D eigenvalue weighted by atomic mass is 10.3. The van der Waals surface area contributed by atoms with Crippen LogP contribution in [0.1, 0.15) is 24.5 Å². The quantitative estimate of drug-likeness (QED) is 0.561. The van der Waals surface area contributed by atoms with Crippen LogP contribution in [0.25, 0.3) is 0 Å². The van der Waals surface area contributed by atoms with Crippen LogP contribution in [-0.2, 0) is 4.79 Å². The molecule has 1 aliphatic rings. The van der Waals surface area contributed by atoms with E-state index in [-0.39, 0.29) is 18.1 Å². The van der Waals surface area contributed by atoms with Crippen molar-refractivity contribution in [1.82, 2.24) is 20.6 Å². The Labute approximate surface area is 75.9 Å². The van der Waals surface area contributed by atoms with Gasteiger partial charge in [-0.25, -0.2) is 4.98 Å². The topological polar surface area (TPSA) is 69.8 Å². The van der Waals surface area contributed by atoms with Crippen molar-refractivity contribution in [3.8, 4) is 0 Å². The lowest BCUT2D eigenvalue weighted by Gasteiger charge is -2.08. The molecule has 0 aliphatic carbocycles. The summed E-state index contributed by atoms with van der Waals surface area (Å²) in [6, 6.07) is -0.138. The number of aromatic nitrogens is 2. The Morgan fingerprint density at radius 3 is 2.77 bits per heavy atom. The van der Waals surface area contributed by atoms with Crippen LogP contribution in [0.3, 0.4) is 0 Å². The number of aryl methyl sites for hydroxylation is 1. The Hall–Kier alpha value is -1.36. The number of carbonyl (C=O) groups is 1. The number of nitrogens with zero attached hydrogens (tertiary/aromatic N) is 1. The Kier molecular flexibility index (Phi) is 1.81. The standard InChI is InChI=1S/C8H12N4O/c1-4-6(10-3-9-4)7-11-5(2)8(13)12-7/h3,5,7,11H,1-2H3,(H,9,10)(H,12,13). The monoisotopic (exact) mass is 180 g/mol. The zero-order valence-electron chi connectivity index (χ0n) is 7.59. The molecule has 0 spiro atoms. The average Bonchev–Trinajstić information content (AvgIpc) is 2.60. The van der Waals surface area contributed by atoms with Gasteiger partial charge in [-0.05, 0) is 13.8 Å². The summed E-state index contributed by atoms with van der Waals surface area (Å²) in [5.74, 6) is 0.0207. The maximum absolute atomic E-state index is 11.2. The van der Waals surface area contributed by atoms with E-state index in [1.807, 2.05) is 13.8 Å². The first kappa shape index (κ1) is 8.25. The van der Waals surface area contributed by atoms with E-state index in [0.29, 0.717) is 0 Å². The molecule has 1 saturated heterocycles. The third kappa shape index (κ3) is 1.31. The van der Waals surface area contributed by atoms with Crippen molar-refractivity contribution in [2.75, 3.05) is 0 Å². The Bertz CT molecular complexity index is 333. The molecule has 13 heavy (non-hydrogen) atoms. The van der Waals surface area contributed by atoms with Crippen molar-refractivity contribution >= 4 is 5.91 Å². The molecule has 1 fully saturated rings. The Morgan fingerprint density at radius 2 is 2.31 bits per heavy atom. The molecule has 3 N–H and O–H groups in total. The molecule has 2 rings (SSSR count). The minimum absolute atomic E-state index is 0.0207. The number of nitrogens with one attached hydrogen (secondary N) is 3. The number of carbonyl (C=O) groups excluding carboxylic acids is 1. The van der Waals surface area contributed by atoms with Crippen LogP contribution in [0.5, 0.6) is 0 Å². The number of rotatable bonds is 1. The molecule has 0 aromatic carbocycles. The van der Waals surface area contributed by atoms with Gasteiger partial charge in [0.15, 0.2) is 0 Å². The summed E-state index contributed by atoms with van der Waals surface area (Å²) in [6.45, 7) is 3.76. The highest BCUT2D eigenvalue weighted by atomic mass is 16.2. The number of amides is 1. The summed E-state index contributed by atoms with van der Waals surface area (Å²) in [5, 5.41) is 5.92. The molecule has 0 bridgehead atoms. The molecular formula is C8H12N4O. The molecule has 5 nitrogen and oxygen atoms in total. The molecule has 1 amide bonds. The zero-order valence-corrected chi connectivity index (χ0v) is 7.59. The van der Waals surface area contributed by atoms with Crippen molar-refractivity contribution in [2.24, 2.45) is 0 Å². The van der Waals surface area contributed by atoms with Crippen molar-refractivity contribution < 1.29 is 4.79 Å². The van der Waals surface area contributed by atoms with Crippen LogP contribution in [0.4, 0.5) is 0 Å². The Morgan fingerprint density at radius 1 is 1.54 bits per heavy atom. The van der Waals surface area contributed by atoms with E-state index in [0.717, 1.165) is 11.4 Å². The van der Waals surface area contributed by atoms with Crippen LogP contribution in [0.15, 0.2) is 6.33 Å². The molecule has 2 unspecified atom stereocenters. The number of aromatic amines is 1. The van der Waals surface area contributed by atoms with E-state index in [1.165, 1.54) is 0 Å². The van der Waals surface area contributed by atoms with Gasteiger partial charge in [0.2, 0.25) is 5.91 Å². The van der Waals surface area contributed by atoms with Crippen molar-refractivity contribution in [3.05, 3.63) is 17.7 Å². The second-order valence-corrected chi connectivity index (χ2v) is 3.24. The van der Waals surface area contributed by atoms with Crippen molar-refractivity contribution in [3.63, 3.8) is 0 Å². The fourth-order valence-electron chi connectivity index (χ4n) is 1.44. The molecule has 1 aromatic heterocycles. The first-order chi connectivity index (χ1) is 6.18. The van der Waals surface area contributed by atoms with Gasteiger partial charge >= 0.3 is 0 Å². The molecule has 0 saturated carbocycles. The largest absolute Gasteiger partial charge is 0.348 e. The number of imidazole rings is 1. The smallest absolute Gasteiger partial charge is 0.238 e. The third-order valence-electron chi connectivity index (χ3n) is 2.24. The molecule has 5 heteroatoms. The first-order valence-electron chi connectivity index (χ1n) is 4.25. The van der Waals surface area contributed by atoms with Crippen LogP contribution < -0.4 is 10.6 Å². The van der Waals surface area contributed by atoms with Gasteiger partial charge in [-0.1, -0.05) is 0 Å². The van der Waals surface area contributed by atoms with Crippen LogP contribution in [-0.4, -0.2) is 21.9 Å². The second-order valence-electron chi connectivity index (χ2n) is 3.24. The summed E-state index contributed by atoms with van der Waals surface area (Å²) in [6.07, 6.45) is 1.48. The molecular weight excluding hydrogens is 168 g/mol. The van der Waals surface area contributed by atoms with E-state index < -0.39 is 0 Å². The van der Waals surface area contributed by atoms with Gasteiger partial charge in [-0.2, -0.15) is 0 Å².